The van der Waals surface area contributed by atoms with Gasteiger partial charge in [0.25, 0.3) is 0 Å². The van der Waals surface area contributed by atoms with Crippen molar-refractivity contribution in [3.63, 3.8) is 0 Å². The van der Waals surface area contributed by atoms with Gasteiger partial charge in [-0.15, -0.1) is 0 Å². The van der Waals surface area contributed by atoms with Gasteiger partial charge in [0.2, 0.25) is 5.91 Å². The SMILES string of the molecule is CCN1CCN(C(=O)CNc2ccccc2C(=O)OC)CC1. The Balaban J connectivity index is 1.90. The number of anilines is 1. The first kappa shape index (κ1) is 16.3. The molecule has 22 heavy (non-hydrogen) atoms. The predicted octanol–water partition coefficient (Wildman–Crippen LogP) is 1.05. The molecule has 1 heterocycles. The zero-order chi connectivity index (χ0) is 15.9. The Kier molecular flexibility index (Phi) is 5.77. The Morgan fingerprint density at radius 1 is 1.18 bits per heavy atom. The number of rotatable bonds is 5. The fourth-order valence-corrected chi connectivity index (χ4v) is 2.52. The number of ether oxygens (including phenoxy) is 1. The Morgan fingerprint density at radius 2 is 1.86 bits per heavy atom. The third-order valence-corrected chi connectivity index (χ3v) is 3.93. The number of esters is 1. The van der Waals surface area contributed by atoms with E-state index in [1.165, 1.54) is 7.11 Å². The molecule has 1 aliphatic heterocycles. The van der Waals surface area contributed by atoms with Gasteiger partial charge in [-0.2, -0.15) is 0 Å². The molecular weight excluding hydrogens is 282 g/mol. The van der Waals surface area contributed by atoms with Crippen LogP contribution in [0.15, 0.2) is 24.3 Å². The fourth-order valence-electron chi connectivity index (χ4n) is 2.52. The molecule has 0 aliphatic carbocycles. The largest absolute Gasteiger partial charge is 0.465 e. The van der Waals surface area contributed by atoms with Crippen LogP contribution in [0.4, 0.5) is 5.69 Å². The van der Waals surface area contributed by atoms with Crippen molar-refractivity contribution in [3.05, 3.63) is 29.8 Å². The lowest BCUT2D eigenvalue weighted by Gasteiger charge is -2.34. The summed E-state index contributed by atoms with van der Waals surface area (Å²) in [6.45, 7) is 6.68. The lowest BCUT2D eigenvalue weighted by atomic mass is 10.2. The zero-order valence-electron chi connectivity index (χ0n) is 13.2. The molecular formula is C16H23N3O3. The number of benzene rings is 1. The van der Waals surface area contributed by atoms with Crippen LogP contribution in [0.25, 0.3) is 0 Å². The van der Waals surface area contributed by atoms with Gasteiger partial charge in [0, 0.05) is 31.9 Å². The quantitative estimate of drug-likeness (QED) is 0.824. The van der Waals surface area contributed by atoms with Crippen LogP contribution in [0.3, 0.4) is 0 Å². The average Bonchev–Trinajstić information content (AvgIpc) is 2.59. The molecule has 2 rings (SSSR count). The molecule has 1 saturated heterocycles. The van der Waals surface area contributed by atoms with Gasteiger partial charge in [-0.3, -0.25) is 4.79 Å². The summed E-state index contributed by atoms with van der Waals surface area (Å²) in [6, 6.07) is 7.04. The molecule has 0 unspecified atom stereocenters. The van der Waals surface area contributed by atoms with Gasteiger partial charge in [-0.05, 0) is 18.7 Å². The number of carbonyl (C=O) groups excluding carboxylic acids is 2. The summed E-state index contributed by atoms with van der Waals surface area (Å²) in [5, 5.41) is 3.05. The Morgan fingerprint density at radius 3 is 2.50 bits per heavy atom. The standard InChI is InChI=1S/C16H23N3O3/c1-3-18-8-10-19(11-9-18)15(20)12-17-14-7-5-4-6-13(14)16(21)22-2/h4-7,17H,3,8-12H2,1-2H3. The van der Waals surface area contributed by atoms with Crippen molar-refractivity contribution in [2.75, 3.05) is 51.7 Å². The molecule has 0 bridgehead atoms. The molecule has 0 radical (unpaired) electrons. The number of nitrogens with zero attached hydrogens (tertiary/aromatic N) is 2. The molecule has 1 N–H and O–H groups in total. The smallest absolute Gasteiger partial charge is 0.339 e. The van der Waals surface area contributed by atoms with Crippen LogP contribution in [-0.4, -0.2) is 68.1 Å². The Bertz CT molecular complexity index is 525. The fraction of sp³-hybridized carbons (Fsp3) is 0.500. The second-order valence-electron chi connectivity index (χ2n) is 5.21. The highest BCUT2D eigenvalue weighted by molar-refractivity contribution is 5.96. The van der Waals surface area contributed by atoms with Crippen molar-refractivity contribution in [1.29, 1.82) is 0 Å². The van der Waals surface area contributed by atoms with Crippen LogP contribution in [-0.2, 0) is 9.53 Å². The molecule has 120 valence electrons. The predicted molar refractivity (Wildman–Crippen MR) is 85.0 cm³/mol. The maximum absolute atomic E-state index is 12.2. The molecule has 1 aromatic carbocycles. The molecule has 0 atom stereocenters. The number of piperazine rings is 1. The zero-order valence-corrected chi connectivity index (χ0v) is 13.2. The summed E-state index contributed by atoms with van der Waals surface area (Å²) in [7, 11) is 1.34. The Hall–Kier alpha value is -2.08. The lowest BCUT2D eigenvalue weighted by molar-refractivity contribution is -0.131. The minimum Gasteiger partial charge on any atom is -0.465 e. The Labute approximate surface area is 131 Å². The van der Waals surface area contributed by atoms with Crippen LogP contribution >= 0.6 is 0 Å². The van der Waals surface area contributed by atoms with Gasteiger partial charge in [0.05, 0.1) is 19.2 Å². The first-order chi connectivity index (χ1) is 10.7. The van der Waals surface area contributed by atoms with Gasteiger partial charge in [-0.1, -0.05) is 19.1 Å². The second kappa shape index (κ2) is 7.79. The number of hydrogen-bond acceptors (Lipinski definition) is 5. The lowest BCUT2D eigenvalue weighted by Crippen LogP contribution is -2.49. The van der Waals surface area contributed by atoms with Crippen LogP contribution in [0.5, 0.6) is 0 Å². The van der Waals surface area contributed by atoms with Gasteiger partial charge < -0.3 is 19.9 Å². The van der Waals surface area contributed by atoms with Crippen molar-refractivity contribution in [2.24, 2.45) is 0 Å². The van der Waals surface area contributed by atoms with E-state index in [-0.39, 0.29) is 12.5 Å². The van der Waals surface area contributed by atoms with Crippen molar-refractivity contribution < 1.29 is 14.3 Å². The number of likely N-dealkylation sites (N-methyl/N-ethyl adjacent to an activating group) is 1. The maximum atomic E-state index is 12.2. The van der Waals surface area contributed by atoms with Gasteiger partial charge in [0.1, 0.15) is 0 Å². The monoisotopic (exact) mass is 305 g/mol. The summed E-state index contributed by atoms with van der Waals surface area (Å²) in [5.74, 6) is -0.359. The van der Waals surface area contributed by atoms with Gasteiger partial charge in [0.15, 0.2) is 0 Å². The van der Waals surface area contributed by atoms with E-state index in [9.17, 15) is 9.59 Å². The van der Waals surface area contributed by atoms with Crippen molar-refractivity contribution in [1.82, 2.24) is 9.80 Å². The first-order valence-electron chi connectivity index (χ1n) is 7.57. The molecule has 6 nitrogen and oxygen atoms in total. The van der Waals surface area contributed by atoms with Crippen LogP contribution in [0.2, 0.25) is 0 Å². The summed E-state index contributed by atoms with van der Waals surface area (Å²) in [5.41, 5.74) is 1.06. The van der Waals surface area contributed by atoms with E-state index in [1.807, 2.05) is 11.0 Å². The van der Waals surface area contributed by atoms with E-state index < -0.39 is 5.97 Å². The first-order valence-corrected chi connectivity index (χ1v) is 7.57. The van der Waals surface area contributed by atoms with Crippen molar-refractivity contribution in [3.8, 4) is 0 Å². The van der Waals surface area contributed by atoms with Crippen LogP contribution < -0.4 is 5.32 Å². The minimum absolute atomic E-state index is 0.0513. The van der Waals surface area contributed by atoms with Gasteiger partial charge >= 0.3 is 5.97 Å². The van der Waals surface area contributed by atoms with Crippen LogP contribution in [0.1, 0.15) is 17.3 Å². The number of amides is 1. The third kappa shape index (κ3) is 3.98. The third-order valence-electron chi connectivity index (χ3n) is 3.93. The molecule has 1 aliphatic rings. The molecule has 0 saturated carbocycles. The normalized spacial score (nSPS) is 15.5. The molecule has 1 fully saturated rings. The van der Waals surface area contributed by atoms with E-state index in [0.29, 0.717) is 11.3 Å². The van der Waals surface area contributed by atoms with E-state index in [2.05, 4.69) is 17.1 Å². The topological polar surface area (TPSA) is 61.9 Å². The number of hydrogen-bond donors (Lipinski definition) is 1. The van der Waals surface area contributed by atoms with Crippen molar-refractivity contribution >= 4 is 17.6 Å². The molecule has 0 aromatic heterocycles. The number of nitrogens with one attached hydrogen (secondary N) is 1. The van der Waals surface area contributed by atoms with Crippen LogP contribution in [0, 0.1) is 0 Å². The maximum Gasteiger partial charge on any atom is 0.339 e. The van der Waals surface area contributed by atoms with E-state index in [4.69, 9.17) is 4.74 Å². The highest BCUT2D eigenvalue weighted by Gasteiger charge is 2.20. The van der Waals surface area contributed by atoms with Gasteiger partial charge in [-0.25, -0.2) is 4.79 Å². The van der Waals surface area contributed by atoms with E-state index in [1.54, 1.807) is 18.2 Å². The summed E-state index contributed by atoms with van der Waals surface area (Å²) in [4.78, 5) is 28.1. The van der Waals surface area contributed by atoms with Crippen molar-refractivity contribution in [2.45, 2.75) is 6.92 Å². The summed E-state index contributed by atoms with van der Waals surface area (Å²) in [6.07, 6.45) is 0. The van der Waals surface area contributed by atoms with E-state index >= 15 is 0 Å². The molecule has 1 amide bonds. The minimum atomic E-state index is -0.410. The summed E-state index contributed by atoms with van der Waals surface area (Å²) >= 11 is 0. The molecule has 1 aromatic rings. The second-order valence-corrected chi connectivity index (χ2v) is 5.21. The summed E-state index contributed by atoms with van der Waals surface area (Å²) < 4.78 is 4.74. The number of para-hydroxylation sites is 1. The molecule has 0 spiro atoms. The number of methoxy groups -OCH3 is 1. The number of carbonyl (C=O) groups is 2. The highest BCUT2D eigenvalue weighted by Crippen LogP contribution is 2.15. The highest BCUT2D eigenvalue weighted by atomic mass is 16.5. The average molecular weight is 305 g/mol. The van der Waals surface area contributed by atoms with E-state index in [0.717, 1.165) is 32.7 Å². The molecule has 6 heteroatoms.